The maximum atomic E-state index is 13.8. The molecule has 1 unspecified atom stereocenters. The van der Waals surface area contributed by atoms with Crippen LogP contribution in [0.25, 0.3) is 0 Å². The number of aryl methyl sites for hydroxylation is 2. The summed E-state index contributed by atoms with van der Waals surface area (Å²) in [6.45, 7) is 8.06. The maximum Gasteiger partial charge on any atom is 0.358 e. The van der Waals surface area contributed by atoms with Crippen LogP contribution in [0.15, 0.2) is 54.6 Å². The Morgan fingerprint density at radius 1 is 1.11 bits per heavy atom. The van der Waals surface area contributed by atoms with E-state index < -0.39 is 17.4 Å². The van der Waals surface area contributed by atoms with Gasteiger partial charge in [0.1, 0.15) is 11.2 Å². The first-order valence-corrected chi connectivity index (χ1v) is 11.8. The Kier molecular flexibility index (Phi) is 6.73. The molecule has 0 radical (unpaired) electrons. The van der Waals surface area contributed by atoms with Gasteiger partial charge in [0, 0.05) is 18.3 Å². The molecule has 8 nitrogen and oxygen atoms in total. The Morgan fingerprint density at radius 3 is 2.51 bits per heavy atom. The van der Waals surface area contributed by atoms with Crippen LogP contribution in [0.4, 0.5) is 5.69 Å². The summed E-state index contributed by atoms with van der Waals surface area (Å²) in [6.07, 6.45) is 0.689. The lowest BCUT2D eigenvalue weighted by Gasteiger charge is -2.43. The molecule has 1 aliphatic heterocycles. The van der Waals surface area contributed by atoms with Crippen molar-refractivity contribution in [3.05, 3.63) is 82.7 Å². The summed E-state index contributed by atoms with van der Waals surface area (Å²) in [4.78, 5) is 41.4. The number of nitrogens with zero attached hydrogens (tertiary/aromatic N) is 3. The molecule has 182 valence electrons. The van der Waals surface area contributed by atoms with E-state index in [-0.39, 0.29) is 30.4 Å². The van der Waals surface area contributed by atoms with Gasteiger partial charge in [-0.15, -0.1) is 0 Å². The van der Waals surface area contributed by atoms with Gasteiger partial charge in [0.2, 0.25) is 5.91 Å². The minimum Gasteiger partial charge on any atom is -0.461 e. The zero-order chi connectivity index (χ0) is 25.2. The number of anilines is 1. The fourth-order valence-electron chi connectivity index (χ4n) is 4.37. The molecule has 2 heterocycles. The number of carbonyl (C=O) groups excluding carboxylic acids is 3. The number of fused-ring (bicyclic) bond motifs is 1. The van der Waals surface area contributed by atoms with Crippen LogP contribution in [0.3, 0.4) is 0 Å². The molecule has 0 saturated heterocycles. The van der Waals surface area contributed by atoms with Crippen molar-refractivity contribution in [3.8, 4) is 0 Å². The van der Waals surface area contributed by atoms with Gasteiger partial charge in [0.15, 0.2) is 5.69 Å². The summed E-state index contributed by atoms with van der Waals surface area (Å²) in [5, 5.41) is 7.31. The normalized spacial score (nSPS) is 17.1. The van der Waals surface area contributed by atoms with E-state index in [4.69, 9.17) is 4.74 Å². The minimum absolute atomic E-state index is 0.0447. The number of para-hydroxylation sites is 1. The molecule has 0 bridgehead atoms. The molecule has 1 aromatic heterocycles. The molecule has 0 saturated carbocycles. The summed E-state index contributed by atoms with van der Waals surface area (Å²) >= 11 is 0. The molecule has 0 aliphatic carbocycles. The average Bonchev–Trinajstić information content (AvgIpc) is 3.28. The second-order valence-electron chi connectivity index (χ2n) is 8.86. The number of carbonyl (C=O) groups is 3. The Bertz CT molecular complexity index is 1260. The van der Waals surface area contributed by atoms with E-state index in [1.165, 1.54) is 10.7 Å². The van der Waals surface area contributed by atoms with Gasteiger partial charge >= 0.3 is 5.97 Å². The average molecular weight is 475 g/mol. The quantitative estimate of drug-likeness (QED) is 0.528. The van der Waals surface area contributed by atoms with E-state index in [9.17, 15) is 14.4 Å². The van der Waals surface area contributed by atoms with Crippen LogP contribution in [0.1, 0.15) is 58.4 Å². The van der Waals surface area contributed by atoms with Crippen molar-refractivity contribution in [1.29, 1.82) is 0 Å². The monoisotopic (exact) mass is 474 g/mol. The van der Waals surface area contributed by atoms with Crippen molar-refractivity contribution in [2.75, 3.05) is 11.5 Å². The molecule has 8 heteroatoms. The standard InChI is InChI=1S/C27H30N4O4/c1-5-20-9-7-8-10-22(20)31-24(32)23-15-21(25(33)35-6-2)29-30(23)17-27(31,4)26(34)28-16-19-13-11-18(3)12-14-19/h7-15H,5-6,16-17H2,1-4H3,(H,28,34). The first-order chi connectivity index (χ1) is 16.8. The van der Waals surface area contributed by atoms with Gasteiger partial charge in [0.25, 0.3) is 5.91 Å². The number of hydrogen-bond acceptors (Lipinski definition) is 5. The molecule has 0 fully saturated rings. The fourth-order valence-corrected chi connectivity index (χ4v) is 4.37. The van der Waals surface area contributed by atoms with Crippen LogP contribution in [0.2, 0.25) is 0 Å². The van der Waals surface area contributed by atoms with Crippen molar-refractivity contribution in [3.63, 3.8) is 0 Å². The lowest BCUT2D eigenvalue weighted by molar-refractivity contribution is -0.126. The smallest absolute Gasteiger partial charge is 0.358 e. The van der Waals surface area contributed by atoms with E-state index in [0.29, 0.717) is 18.7 Å². The minimum atomic E-state index is -1.28. The van der Waals surface area contributed by atoms with Crippen LogP contribution in [0.5, 0.6) is 0 Å². The zero-order valence-electron chi connectivity index (χ0n) is 20.5. The van der Waals surface area contributed by atoms with Gasteiger partial charge in [-0.1, -0.05) is 55.0 Å². The second kappa shape index (κ2) is 9.74. The van der Waals surface area contributed by atoms with Crippen LogP contribution in [0, 0.1) is 6.92 Å². The van der Waals surface area contributed by atoms with E-state index in [1.54, 1.807) is 18.7 Å². The van der Waals surface area contributed by atoms with Crippen LogP contribution in [-0.2, 0) is 29.0 Å². The molecular formula is C27H30N4O4. The third-order valence-corrected chi connectivity index (χ3v) is 6.31. The van der Waals surface area contributed by atoms with E-state index in [1.807, 2.05) is 62.4 Å². The van der Waals surface area contributed by atoms with Crippen molar-refractivity contribution < 1.29 is 19.1 Å². The highest BCUT2D eigenvalue weighted by molar-refractivity contribution is 6.12. The summed E-state index contributed by atoms with van der Waals surface area (Å²) in [5.41, 5.74) is 2.70. The molecular weight excluding hydrogens is 444 g/mol. The first kappa shape index (κ1) is 24.2. The fraction of sp³-hybridized carbons (Fsp3) is 0.333. The lowest BCUT2D eigenvalue weighted by Crippen LogP contribution is -2.64. The number of aromatic nitrogens is 2. The maximum absolute atomic E-state index is 13.8. The van der Waals surface area contributed by atoms with Crippen LogP contribution < -0.4 is 10.2 Å². The third-order valence-electron chi connectivity index (χ3n) is 6.31. The van der Waals surface area contributed by atoms with E-state index >= 15 is 0 Å². The molecule has 2 amide bonds. The SMILES string of the molecule is CCOC(=O)c1cc2n(n1)CC(C)(C(=O)NCc1ccc(C)cc1)N(c1ccccc1CC)C2=O. The van der Waals surface area contributed by atoms with Crippen molar-refractivity contribution >= 4 is 23.5 Å². The molecule has 4 rings (SSSR count). The van der Waals surface area contributed by atoms with Crippen LogP contribution in [-0.4, -0.2) is 39.7 Å². The highest BCUT2D eigenvalue weighted by Crippen LogP contribution is 2.35. The number of amides is 2. The van der Waals surface area contributed by atoms with Gasteiger partial charge in [-0.25, -0.2) is 4.79 Å². The van der Waals surface area contributed by atoms with E-state index in [2.05, 4.69) is 10.4 Å². The van der Waals surface area contributed by atoms with Crippen molar-refractivity contribution in [2.24, 2.45) is 0 Å². The van der Waals surface area contributed by atoms with Crippen molar-refractivity contribution in [2.45, 2.75) is 52.7 Å². The molecule has 1 aliphatic rings. The van der Waals surface area contributed by atoms with Gasteiger partial charge in [-0.05, 0) is 44.4 Å². The molecule has 3 aromatic rings. The number of esters is 1. The van der Waals surface area contributed by atoms with E-state index in [0.717, 1.165) is 16.7 Å². The Balaban J connectivity index is 1.74. The largest absolute Gasteiger partial charge is 0.461 e. The zero-order valence-corrected chi connectivity index (χ0v) is 20.5. The Morgan fingerprint density at radius 2 is 1.83 bits per heavy atom. The number of benzene rings is 2. The number of hydrogen-bond donors (Lipinski definition) is 1. The van der Waals surface area contributed by atoms with Gasteiger partial charge in [0.05, 0.1) is 13.2 Å². The van der Waals surface area contributed by atoms with Gasteiger partial charge in [-0.3, -0.25) is 19.2 Å². The van der Waals surface area contributed by atoms with Gasteiger partial charge < -0.3 is 10.1 Å². The Hall–Kier alpha value is -3.94. The highest BCUT2D eigenvalue weighted by atomic mass is 16.5. The van der Waals surface area contributed by atoms with Crippen LogP contribution >= 0.6 is 0 Å². The van der Waals surface area contributed by atoms with Crippen molar-refractivity contribution in [1.82, 2.24) is 15.1 Å². The molecule has 0 spiro atoms. The number of rotatable bonds is 7. The predicted octanol–water partition coefficient (Wildman–Crippen LogP) is 3.67. The first-order valence-electron chi connectivity index (χ1n) is 11.8. The number of nitrogens with one attached hydrogen (secondary N) is 1. The summed E-state index contributed by atoms with van der Waals surface area (Å²) in [5.74, 6) is -1.31. The molecule has 35 heavy (non-hydrogen) atoms. The number of ether oxygens (including phenoxy) is 1. The van der Waals surface area contributed by atoms with Gasteiger partial charge in [-0.2, -0.15) is 5.10 Å². The summed E-state index contributed by atoms with van der Waals surface area (Å²) in [7, 11) is 0. The predicted molar refractivity (Wildman–Crippen MR) is 132 cm³/mol. The topological polar surface area (TPSA) is 93.5 Å². The molecule has 2 aromatic carbocycles. The summed E-state index contributed by atoms with van der Waals surface area (Å²) < 4.78 is 6.50. The molecule has 1 N–H and O–H groups in total. The highest BCUT2D eigenvalue weighted by Gasteiger charge is 2.49. The summed E-state index contributed by atoms with van der Waals surface area (Å²) in [6, 6.07) is 16.9. The molecule has 1 atom stereocenters. The second-order valence-corrected chi connectivity index (χ2v) is 8.86. The Labute approximate surface area is 204 Å². The third kappa shape index (κ3) is 4.56. The lowest BCUT2D eigenvalue weighted by atomic mass is 9.92.